The van der Waals surface area contributed by atoms with Crippen LogP contribution < -0.4 is 15.5 Å². The number of amides is 2. The standard InChI is InChI=1S/C20H26N4O3S/c1-2-27-19(25)17-8-15-28-18(17)22-20(26)21-9-10-23-11-13-24(14-12-23)16-6-4-3-5-7-16/h3-8,15H,2,9-14H2,1H3,(H2,21,22,26). The molecule has 1 aliphatic rings. The largest absolute Gasteiger partial charge is 0.462 e. The lowest BCUT2D eigenvalue weighted by Crippen LogP contribution is -2.48. The van der Waals surface area contributed by atoms with Gasteiger partial charge in [-0.15, -0.1) is 11.3 Å². The van der Waals surface area contributed by atoms with Crippen molar-refractivity contribution in [2.24, 2.45) is 0 Å². The quantitative estimate of drug-likeness (QED) is 0.697. The summed E-state index contributed by atoms with van der Waals surface area (Å²) in [5.41, 5.74) is 1.65. The molecule has 28 heavy (non-hydrogen) atoms. The number of benzene rings is 1. The number of ether oxygens (including phenoxy) is 1. The molecule has 7 nitrogen and oxygen atoms in total. The first-order valence-electron chi connectivity index (χ1n) is 9.49. The van der Waals surface area contributed by atoms with Gasteiger partial charge in [0.25, 0.3) is 0 Å². The number of thiophene rings is 1. The smallest absolute Gasteiger partial charge is 0.341 e. The molecule has 2 aromatic rings. The molecule has 2 heterocycles. The van der Waals surface area contributed by atoms with Crippen LogP contribution in [0.4, 0.5) is 15.5 Å². The molecule has 0 radical (unpaired) electrons. The van der Waals surface area contributed by atoms with E-state index in [1.54, 1.807) is 18.4 Å². The van der Waals surface area contributed by atoms with E-state index in [-0.39, 0.29) is 6.03 Å². The third kappa shape index (κ3) is 5.46. The van der Waals surface area contributed by atoms with Crippen molar-refractivity contribution in [2.75, 3.05) is 56.1 Å². The first-order valence-corrected chi connectivity index (χ1v) is 10.4. The van der Waals surface area contributed by atoms with Gasteiger partial charge >= 0.3 is 12.0 Å². The van der Waals surface area contributed by atoms with Gasteiger partial charge in [0.15, 0.2) is 0 Å². The van der Waals surface area contributed by atoms with Crippen molar-refractivity contribution in [3.05, 3.63) is 47.3 Å². The minimum absolute atomic E-state index is 0.303. The number of carbonyl (C=O) groups is 2. The molecular formula is C20H26N4O3S. The number of hydrogen-bond acceptors (Lipinski definition) is 6. The third-order valence-electron chi connectivity index (χ3n) is 4.59. The van der Waals surface area contributed by atoms with Gasteiger partial charge in [-0.3, -0.25) is 10.2 Å². The van der Waals surface area contributed by atoms with Crippen molar-refractivity contribution < 1.29 is 14.3 Å². The number of nitrogens with one attached hydrogen (secondary N) is 2. The number of esters is 1. The van der Waals surface area contributed by atoms with Crippen LogP contribution in [-0.4, -0.2) is 62.8 Å². The molecule has 0 bridgehead atoms. The highest BCUT2D eigenvalue weighted by atomic mass is 32.1. The predicted molar refractivity (Wildman–Crippen MR) is 112 cm³/mol. The Morgan fingerprint density at radius 3 is 2.57 bits per heavy atom. The highest BCUT2D eigenvalue weighted by Gasteiger charge is 2.18. The lowest BCUT2D eigenvalue weighted by atomic mass is 10.2. The van der Waals surface area contributed by atoms with Crippen LogP contribution in [0, 0.1) is 0 Å². The second-order valence-electron chi connectivity index (χ2n) is 6.43. The molecule has 0 unspecified atom stereocenters. The zero-order valence-corrected chi connectivity index (χ0v) is 16.8. The summed E-state index contributed by atoms with van der Waals surface area (Å²) < 4.78 is 4.99. The van der Waals surface area contributed by atoms with Gasteiger partial charge in [-0.25, -0.2) is 9.59 Å². The number of hydrogen-bond donors (Lipinski definition) is 2. The molecule has 3 rings (SSSR count). The van der Waals surface area contributed by atoms with Gasteiger partial charge in [0.2, 0.25) is 0 Å². The summed E-state index contributed by atoms with van der Waals surface area (Å²) >= 11 is 1.30. The monoisotopic (exact) mass is 402 g/mol. The molecule has 2 N–H and O–H groups in total. The van der Waals surface area contributed by atoms with Crippen molar-refractivity contribution in [1.29, 1.82) is 0 Å². The van der Waals surface area contributed by atoms with Crippen molar-refractivity contribution >= 4 is 34.0 Å². The summed E-state index contributed by atoms with van der Waals surface area (Å²) in [4.78, 5) is 28.7. The Bertz CT molecular complexity index is 773. The molecule has 1 aromatic carbocycles. The van der Waals surface area contributed by atoms with Crippen LogP contribution in [0.15, 0.2) is 41.8 Å². The average molecular weight is 403 g/mol. The Kier molecular flexibility index (Phi) is 7.27. The number of rotatable bonds is 7. The molecule has 1 aromatic heterocycles. The van der Waals surface area contributed by atoms with E-state index < -0.39 is 5.97 Å². The minimum Gasteiger partial charge on any atom is -0.462 e. The lowest BCUT2D eigenvalue weighted by Gasteiger charge is -2.36. The molecule has 0 atom stereocenters. The SMILES string of the molecule is CCOC(=O)c1ccsc1NC(=O)NCCN1CCN(c2ccccc2)CC1. The fourth-order valence-corrected chi connectivity index (χ4v) is 3.89. The molecule has 8 heteroatoms. The van der Waals surface area contributed by atoms with E-state index in [2.05, 4.69) is 44.7 Å². The number of nitrogens with zero attached hydrogens (tertiary/aromatic N) is 2. The van der Waals surface area contributed by atoms with Gasteiger partial charge in [0.1, 0.15) is 5.00 Å². The number of carbonyl (C=O) groups excluding carboxylic acids is 2. The average Bonchev–Trinajstić information content (AvgIpc) is 3.17. The second kappa shape index (κ2) is 10.1. The molecule has 0 spiro atoms. The fraction of sp³-hybridized carbons (Fsp3) is 0.400. The van der Waals surface area contributed by atoms with Crippen LogP contribution in [0.3, 0.4) is 0 Å². The van der Waals surface area contributed by atoms with E-state index in [4.69, 9.17) is 4.74 Å². The van der Waals surface area contributed by atoms with Crippen LogP contribution in [0.25, 0.3) is 0 Å². The summed E-state index contributed by atoms with van der Waals surface area (Å²) in [6, 6.07) is 11.8. The van der Waals surface area contributed by atoms with Crippen LogP contribution >= 0.6 is 11.3 Å². The number of para-hydroxylation sites is 1. The van der Waals surface area contributed by atoms with E-state index in [1.807, 2.05) is 6.07 Å². The highest BCUT2D eigenvalue weighted by molar-refractivity contribution is 7.14. The molecule has 0 aliphatic carbocycles. The van der Waals surface area contributed by atoms with E-state index >= 15 is 0 Å². The van der Waals surface area contributed by atoms with Crippen LogP contribution in [0.5, 0.6) is 0 Å². The van der Waals surface area contributed by atoms with Crippen LogP contribution in [0.1, 0.15) is 17.3 Å². The zero-order valence-electron chi connectivity index (χ0n) is 16.0. The maximum atomic E-state index is 12.1. The first kappa shape index (κ1) is 20.2. The Balaban J connectivity index is 1.37. The Morgan fingerprint density at radius 1 is 1.11 bits per heavy atom. The third-order valence-corrected chi connectivity index (χ3v) is 5.42. The van der Waals surface area contributed by atoms with Crippen molar-refractivity contribution in [3.63, 3.8) is 0 Å². The Morgan fingerprint density at radius 2 is 1.86 bits per heavy atom. The molecule has 0 saturated carbocycles. The van der Waals surface area contributed by atoms with E-state index in [0.29, 0.717) is 23.7 Å². The molecule has 1 saturated heterocycles. The summed E-state index contributed by atoms with van der Waals surface area (Å²) in [7, 11) is 0. The van der Waals surface area contributed by atoms with Crippen LogP contribution in [-0.2, 0) is 4.74 Å². The minimum atomic E-state index is -0.421. The van der Waals surface area contributed by atoms with Gasteiger partial charge in [0, 0.05) is 45.0 Å². The molecular weight excluding hydrogens is 376 g/mol. The number of urea groups is 1. The van der Waals surface area contributed by atoms with E-state index in [0.717, 1.165) is 32.7 Å². The van der Waals surface area contributed by atoms with Gasteiger partial charge in [0.05, 0.1) is 12.2 Å². The topological polar surface area (TPSA) is 73.9 Å². The maximum Gasteiger partial charge on any atom is 0.341 e. The van der Waals surface area contributed by atoms with Gasteiger partial charge in [-0.2, -0.15) is 0 Å². The van der Waals surface area contributed by atoms with Crippen LogP contribution in [0.2, 0.25) is 0 Å². The molecule has 2 amide bonds. The molecule has 150 valence electrons. The van der Waals surface area contributed by atoms with Gasteiger partial charge in [-0.05, 0) is 30.5 Å². The summed E-state index contributed by atoms with van der Waals surface area (Å²) in [5, 5.41) is 7.86. The molecule has 1 aliphatic heterocycles. The predicted octanol–water partition coefficient (Wildman–Crippen LogP) is 2.87. The normalized spacial score (nSPS) is 14.5. The highest BCUT2D eigenvalue weighted by Crippen LogP contribution is 2.23. The summed E-state index contributed by atoms with van der Waals surface area (Å²) in [6.07, 6.45) is 0. The number of piperazine rings is 1. The van der Waals surface area contributed by atoms with Crippen molar-refractivity contribution in [1.82, 2.24) is 10.2 Å². The Hall–Kier alpha value is -2.58. The molecule has 1 fully saturated rings. The zero-order chi connectivity index (χ0) is 19.8. The van der Waals surface area contributed by atoms with Gasteiger partial charge in [-0.1, -0.05) is 18.2 Å². The maximum absolute atomic E-state index is 12.1. The Labute approximate surface area is 169 Å². The second-order valence-corrected chi connectivity index (χ2v) is 7.35. The summed E-state index contributed by atoms with van der Waals surface area (Å²) in [6.45, 7) is 7.30. The number of anilines is 2. The van der Waals surface area contributed by atoms with Crippen molar-refractivity contribution in [2.45, 2.75) is 6.92 Å². The van der Waals surface area contributed by atoms with Crippen molar-refractivity contribution in [3.8, 4) is 0 Å². The first-order chi connectivity index (χ1) is 13.7. The van der Waals surface area contributed by atoms with E-state index in [1.165, 1.54) is 17.0 Å². The fourth-order valence-electron chi connectivity index (χ4n) is 3.12. The van der Waals surface area contributed by atoms with Gasteiger partial charge < -0.3 is 15.0 Å². The van der Waals surface area contributed by atoms with E-state index in [9.17, 15) is 9.59 Å². The summed E-state index contributed by atoms with van der Waals surface area (Å²) in [5.74, 6) is -0.421. The lowest BCUT2D eigenvalue weighted by molar-refractivity contribution is 0.0528.